The Bertz CT molecular complexity index is 2120. The molecule has 2 aromatic carbocycles. The van der Waals surface area contributed by atoms with Crippen molar-refractivity contribution in [3.63, 3.8) is 0 Å². The molecule has 0 atom stereocenters. The third-order valence-corrected chi connectivity index (χ3v) is 9.30. The molecular weight excluding hydrogens is 853 g/mol. The molecule has 5 rings (SSSR count). The fourth-order valence-corrected chi connectivity index (χ4v) is 6.03. The lowest BCUT2D eigenvalue weighted by Gasteiger charge is -2.19. The van der Waals surface area contributed by atoms with E-state index in [0.717, 1.165) is 41.8 Å². The first-order chi connectivity index (χ1) is 32.1. The highest BCUT2D eigenvalue weighted by Crippen LogP contribution is 2.33. The van der Waals surface area contributed by atoms with Gasteiger partial charge < -0.3 is 64.9 Å². The van der Waals surface area contributed by atoms with Crippen molar-refractivity contribution in [3.8, 4) is 22.8 Å². The minimum atomic E-state index is -0.251. The van der Waals surface area contributed by atoms with E-state index >= 15 is 0 Å². The Morgan fingerprint density at radius 2 is 1.11 bits per heavy atom. The summed E-state index contributed by atoms with van der Waals surface area (Å²) in [4.78, 5) is 16.9. The van der Waals surface area contributed by atoms with E-state index < -0.39 is 0 Å². The second kappa shape index (κ2) is 29.9. The number of unbranched alkanes of at least 4 members (excludes halogenated alkanes) is 1. The van der Waals surface area contributed by atoms with E-state index in [-0.39, 0.29) is 30.3 Å². The standard InChI is InChI=1S/C23H33N5O5.C23H35N5O5/c1-23(2,3)28-22-19(21(24)25-16-26-22)20(27-28)17-4-6-18(7-5-17)33-15-14-32-13-12-31-11-10-30-9-8-29;1-2-3-8-26-23-20(22(25)27-17-28-23)21(24)18-4-6-19(7-5-18)33-16-15-32-14-13-31-12-11-30-10-9-29/h4-7,16,29H,8-15H2,1-3H3,(H2,24,25,26);4-7,17,24,29H,2-3,8-16H2,1H3,(H3,25,26,27,28). The molecule has 66 heavy (non-hydrogen) atoms. The van der Waals surface area contributed by atoms with Gasteiger partial charge in [-0.25, -0.2) is 24.6 Å². The Morgan fingerprint density at radius 3 is 1.61 bits per heavy atom. The first kappa shape index (κ1) is 53.0. The lowest BCUT2D eigenvalue weighted by Crippen LogP contribution is -2.23. The highest BCUT2D eigenvalue weighted by molar-refractivity contribution is 6.16. The largest absolute Gasteiger partial charge is 0.491 e. The summed E-state index contributed by atoms with van der Waals surface area (Å²) < 4.78 is 45.2. The summed E-state index contributed by atoms with van der Waals surface area (Å²) in [5.41, 5.74) is 15.8. The Labute approximate surface area is 386 Å². The van der Waals surface area contributed by atoms with Gasteiger partial charge in [-0.15, -0.1) is 0 Å². The molecule has 0 spiro atoms. The van der Waals surface area contributed by atoms with Crippen LogP contribution >= 0.6 is 0 Å². The van der Waals surface area contributed by atoms with Gasteiger partial charge in [0.15, 0.2) is 5.65 Å². The molecule has 3 heterocycles. The number of fused-ring (bicyclic) bond motifs is 1. The van der Waals surface area contributed by atoms with E-state index in [4.69, 9.17) is 70.1 Å². The van der Waals surface area contributed by atoms with Crippen molar-refractivity contribution in [1.82, 2.24) is 29.7 Å². The summed E-state index contributed by atoms with van der Waals surface area (Å²) in [5, 5.41) is 34.6. The van der Waals surface area contributed by atoms with E-state index in [1.807, 2.05) is 53.2 Å². The lowest BCUT2D eigenvalue weighted by atomic mass is 10.0. The van der Waals surface area contributed by atoms with Crippen molar-refractivity contribution in [2.24, 2.45) is 0 Å². The van der Waals surface area contributed by atoms with E-state index in [2.05, 4.69) is 52.9 Å². The number of nitrogens with one attached hydrogen (secondary N) is 2. The van der Waals surface area contributed by atoms with Crippen molar-refractivity contribution in [2.75, 3.05) is 129 Å². The summed E-state index contributed by atoms with van der Waals surface area (Å²) in [6, 6.07) is 14.9. The second-order valence-electron chi connectivity index (χ2n) is 15.4. The predicted octanol–water partition coefficient (Wildman–Crippen LogP) is 4.36. The summed E-state index contributed by atoms with van der Waals surface area (Å²) in [5.74, 6) is 2.67. The van der Waals surface area contributed by atoms with Crippen LogP contribution in [0.2, 0.25) is 0 Å². The minimum Gasteiger partial charge on any atom is -0.491 e. The zero-order valence-corrected chi connectivity index (χ0v) is 38.7. The van der Waals surface area contributed by atoms with Crippen LogP contribution in [0.3, 0.4) is 0 Å². The maximum absolute atomic E-state index is 8.61. The molecule has 3 aromatic heterocycles. The molecule has 0 amide bonds. The van der Waals surface area contributed by atoms with Gasteiger partial charge in [0.2, 0.25) is 0 Å². The van der Waals surface area contributed by atoms with Crippen LogP contribution in [0.4, 0.5) is 17.5 Å². The number of rotatable bonds is 31. The molecule has 0 radical (unpaired) electrons. The van der Waals surface area contributed by atoms with Gasteiger partial charge in [-0.2, -0.15) is 5.10 Å². The normalized spacial score (nSPS) is 11.4. The first-order valence-electron chi connectivity index (χ1n) is 22.2. The maximum Gasteiger partial charge on any atom is 0.164 e. The van der Waals surface area contributed by atoms with E-state index in [1.165, 1.54) is 12.7 Å². The zero-order valence-electron chi connectivity index (χ0n) is 38.7. The number of anilines is 3. The van der Waals surface area contributed by atoms with Crippen molar-refractivity contribution in [2.45, 2.75) is 46.1 Å². The van der Waals surface area contributed by atoms with E-state index in [1.54, 1.807) is 0 Å². The zero-order chi connectivity index (χ0) is 47.4. The van der Waals surface area contributed by atoms with Crippen LogP contribution in [-0.2, 0) is 34.0 Å². The van der Waals surface area contributed by atoms with Crippen LogP contribution in [0.15, 0.2) is 61.2 Å². The molecule has 20 nitrogen and oxygen atoms in total. The van der Waals surface area contributed by atoms with Crippen molar-refractivity contribution in [3.05, 3.63) is 72.3 Å². The first-order valence-corrected chi connectivity index (χ1v) is 22.2. The number of aliphatic hydroxyl groups excluding tert-OH is 2. The van der Waals surface area contributed by atoms with Gasteiger partial charge in [0, 0.05) is 17.7 Å². The van der Waals surface area contributed by atoms with Crippen LogP contribution in [0.25, 0.3) is 22.3 Å². The van der Waals surface area contributed by atoms with Crippen LogP contribution in [-0.4, -0.2) is 158 Å². The number of hydrogen-bond acceptors (Lipinski definition) is 19. The summed E-state index contributed by atoms with van der Waals surface area (Å²) in [7, 11) is 0. The van der Waals surface area contributed by atoms with Gasteiger partial charge in [-0.05, 0) is 75.7 Å². The molecule has 0 saturated heterocycles. The summed E-state index contributed by atoms with van der Waals surface area (Å²) >= 11 is 0. The number of aromatic nitrogens is 6. The van der Waals surface area contributed by atoms with Crippen molar-refractivity contribution < 1.29 is 48.1 Å². The monoisotopic (exact) mass is 921 g/mol. The molecule has 5 aromatic rings. The Morgan fingerprint density at radius 1 is 0.636 bits per heavy atom. The molecule has 0 aliphatic heterocycles. The van der Waals surface area contributed by atoms with Gasteiger partial charge in [0.1, 0.15) is 60.5 Å². The molecule has 0 aliphatic carbocycles. The number of aliphatic hydroxyl groups is 2. The van der Waals surface area contributed by atoms with Crippen LogP contribution < -0.4 is 26.3 Å². The van der Waals surface area contributed by atoms with Gasteiger partial charge >= 0.3 is 0 Å². The van der Waals surface area contributed by atoms with Crippen LogP contribution in [0.5, 0.6) is 11.5 Å². The van der Waals surface area contributed by atoms with Gasteiger partial charge in [0.25, 0.3) is 0 Å². The van der Waals surface area contributed by atoms with Crippen molar-refractivity contribution in [1.29, 1.82) is 5.41 Å². The second-order valence-corrected chi connectivity index (χ2v) is 15.4. The molecule has 0 fully saturated rings. The number of hydrogen-bond donors (Lipinski definition) is 6. The fourth-order valence-electron chi connectivity index (χ4n) is 6.03. The van der Waals surface area contributed by atoms with E-state index in [9.17, 15) is 0 Å². The minimum absolute atomic E-state index is 0.0164. The summed E-state index contributed by atoms with van der Waals surface area (Å²) in [6.45, 7) is 15.3. The predicted molar refractivity (Wildman–Crippen MR) is 252 cm³/mol. The van der Waals surface area contributed by atoms with Gasteiger partial charge in [-0.3, -0.25) is 5.41 Å². The molecule has 0 aliphatic rings. The Balaban J connectivity index is 0.000000289. The number of nitrogens with zero attached hydrogens (tertiary/aromatic N) is 6. The molecular formula is C46H68N10O10. The highest BCUT2D eigenvalue weighted by atomic mass is 16.6. The average molecular weight is 921 g/mol. The lowest BCUT2D eigenvalue weighted by molar-refractivity contribution is 0.00361. The molecule has 8 N–H and O–H groups in total. The quantitative estimate of drug-likeness (QED) is 0.0266. The molecule has 20 heteroatoms. The maximum atomic E-state index is 8.61. The smallest absolute Gasteiger partial charge is 0.164 e. The third-order valence-electron chi connectivity index (χ3n) is 9.30. The van der Waals surface area contributed by atoms with E-state index in [0.29, 0.717) is 127 Å². The molecule has 0 bridgehead atoms. The highest BCUT2D eigenvalue weighted by Gasteiger charge is 2.24. The summed E-state index contributed by atoms with van der Waals surface area (Å²) in [6.07, 6.45) is 4.92. The Kier molecular flexibility index (Phi) is 24.0. The van der Waals surface area contributed by atoms with Crippen LogP contribution in [0, 0.1) is 5.41 Å². The van der Waals surface area contributed by atoms with Gasteiger partial charge in [0.05, 0.1) is 115 Å². The number of benzene rings is 2. The fraction of sp³-hybridized carbons (Fsp3) is 0.522. The average Bonchev–Trinajstić information content (AvgIpc) is 3.73. The number of nitrogen functional groups attached to an aromatic ring is 2. The number of ether oxygens (including phenoxy) is 8. The molecule has 0 saturated carbocycles. The van der Waals surface area contributed by atoms with Crippen LogP contribution in [0.1, 0.15) is 51.7 Å². The van der Waals surface area contributed by atoms with Crippen molar-refractivity contribution >= 4 is 34.2 Å². The topological polar surface area (TPSA) is 272 Å². The SMILES string of the molecule is CC(C)(C)n1nc(-c2ccc(OCCOCCOCCOCCO)cc2)c2c(N)ncnc21.CCCCNc1ncnc(N)c1C(=N)c1ccc(OCCOCCOCCOCCO)cc1. The molecule has 362 valence electrons. The van der Waals surface area contributed by atoms with Gasteiger partial charge in [-0.1, -0.05) is 13.3 Å². The Hall–Kier alpha value is -5.58. The third kappa shape index (κ3) is 18.0. The molecule has 0 unspecified atom stereocenters. The number of nitrogens with two attached hydrogens (primary N) is 2.